The Kier molecular flexibility index (Phi) is 5.13. The summed E-state index contributed by atoms with van der Waals surface area (Å²) in [5.74, 6) is -1.14. The highest BCUT2D eigenvalue weighted by Crippen LogP contribution is 2.11. The first-order chi connectivity index (χ1) is 10.6. The predicted octanol–water partition coefficient (Wildman–Crippen LogP) is 1.82. The summed E-state index contributed by atoms with van der Waals surface area (Å²) in [6, 6.07) is 7.54. The summed E-state index contributed by atoms with van der Waals surface area (Å²) in [7, 11) is 0. The second-order valence-electron chi connectivity index (χ2n) is 4.77. The van der Waals surface area contributed by atoms with Gasteiger partial charge in [0, 0.05) is 12.4 Å². The molecule has 1 aromatic carbocycles. The molecule has 0 saturated heterocycles. The standard InChI is InChI=1S/C15H17N3O4/c1-11(18-8-7-16-10-18)13(14(19)20)17-15(21)22-9-12-5-3-2-4-6-12/h2-8,10-11,13H,9H2,1H3,(H,17,21)(H,19,20). The van der Waals surface area contributed by atoms with Crippen molar-refractivity contribution in [2.75, 3.05) is 0 Å². The van der Waals surface area contributed by atoms with Crippen LogP contribution in [0.4, 0.5) is 4.79 Å². The van der Waals surface area contributed by atoms with Crippen molar-refractivity contribution in [1.82, 2.24) is 14.9 Å². The number of aliphatic carboxylic acids is 1. The second kappa shape index (κ2) is 7.26. The number of carboxylic acid groups (broad SMARTS) is 1. The van der Waals surface area contributed by atoms with Gasteiger partial charge in [-0.15, -0.1) is 0 Å². The summed E-state index contributed by atoms with van der Waals surface area (Å²) in [5, 5.41) is 11.6. The Labute approximate surface area is 127 Å². The van der Waals surface area contributed by atoms with Gasteiger partial charge in [0.2, 0.25) is 0 Å². The lowest BCUT2D eigenvalue weighted by molar-refractivity contribution is -0.140. The molecule has 116 valence electrons. The van der Waals surface area contributed by atoms with Crippen molar-refractivity contribution < 1.29 is 19.4 Å². The molecule has 1 aromatic heterocycles. The molecule has 0 bridgehead atoms. The summed E-state index contributed by atoms with van der Waals surface area (Å²) in [4.78, 5) is 27.0. The molecule has 7 nitrogen and oxygen atoms in total. The van der Waals surface area contributed by atoms with Gasteiger partial charge < -0.3 is 19.7 Å². The Morgan fingerprint density at radius 2 is 2.09 bits per heavy atom. The molecule has 0 fully saturated rings. The number of benzene rings is 1. The van der Waals surface area contributed by atoms with E-state index in [1.165, 1.54) is 6.33 Å². The molecular weight excluding hydrogens is 286 g/mol. The van der Waals surface area contributed by atoms with Gasteiger partial charge in [0.15, 0.2) is 0 Å². The summed E-state index contributed by atoms with van der Waals surface area (Å²) in [6.45, 7) is 1.76. The smallest absolute Gasteiger partial charge is 0.408 e. The number of rotatable bonds is 6. The Morgan fingerprint density at radius 1 is 1.36 bits per heavy atom. The molecule has 0 radical (unpaired) electrons. The molecule has 2 atom stereocenters. The van der Waals surface area contributed by atoms with E-state index >= 15 is 0 Å². The zero-order valence-electron chi connectivity index (χ0n) is 12.0. The number of amides is 1. The van der Waals surface area contributed by atoms with E-state index in [-0.39, 0.29) is 6.61 Å². The van der Waals surface area contributed by atoms with Crippen LogP contribution in [0.3, 0.4) is 0 Å². The molecule has 2 unspecified atom stereocenters. The molecule has 0 spiro atoms. The van der Waals surface area contributed by atoms with Crippen LogP contribution in [0, 0.1) is 0 Å². The van der Waals surface area contributed by atoms with Gasteiger partial charge >= 0.3 is 12.1 Å². The molecular formula is C15H17N3O4. The first-order valence-electron chi connectivity index (χ1n) is 6.75. The van der Waals surface area contributed by atoms with Crippen molar-refractivity contribution in [2.24, 2.45) is 0 Å². The highest BCUT2D eigenvalue weighted by atomic mass is 16.5. The summed E-state index contributed by atoms with van der Waals surface area (Å²) in [6.07, 6.45) is 3.90. The van der Waals surface area contributed by atoms with E-state index in [0.717, 1.165) is 5.56 Å². The maximum atomic E-state index is 11.8. The molecule has 0 aliphatic carbocycles. The van der Waals surface area contributed by atoms with E-state index < -0.39 is 24.1 Å². The molecule has 2 aromatic rings. The molecule has 7 heteroatoms. The third-order valence-corrected chi connectivity index (χ3v) is 3.23. The maximum absolute atomic E-state index is 11.8. The Balaban J connectivity index is 1.93. The quantitative estimate of drug-likeness (QED) is 0.849. The molecule has 0 aliphatic heterocycles. The van der Waals surface area contributed by atoms with Crippen LogP contribution < -0.4 is 5.32 Å². The number of ether oxygens (including phenoxy) is 1. The van der Waals surface area contributed by atoms with Crippen LogP contribution in [-0.2, 0) is 16.1 Å². The Hall–Kier alpha value is -2.83. The number of aromatic nitrogens is 2. The van der Waals surface area contributed by atoms with E-state index in [4.69, 9.17) is 4.74 Å². The number of carboxylic acids is 1. The van der Waals surface area contributed by atoms with Crippen LogP contribution in [0.2, 0.25) is 0 Å². The normalized spacial score (nSPS) is 13.1. The van der Waals surface area contributed by atoms with E-state index in [2.05, 4.69) is 10.3 Å². The van der Waals surface area contributed by atoms with E-state index in [0.29, 0.717) is 0 Å². The predicted molar refractivity (Wildman–Crippen MR) is 78.1 cm³/mol. The zero-order valence-corrected chi connectivity index (χ0v) is 12.0. The maximum Gasteiger partial charge on any atom is 0.408 e. The number of imidazole rings is 1. The average molecular weight is 303 g/mol. The number of nitrogens with one attached hydrogen (secondary N) is 1. The third kappa shape index (κ3) is 4.08. The lowest BCUT2D eigenvalue weighted by Gasteiger charge is -2.22. The van der Waals surface area contributed by atoms with Gasteiger partial charge in [-0.25, -0.2) is 14.6 Å². The van der Waals surface area contributed by atoms with Gasteiger partial charge in [-0.05, 0) is 12.5 Å². The van der Waals surface area contributed by atoms with E-state index in [9.17, 15) is 14.7 Å². The van der Waals surface area contributed by atoms with Gasteiger partial charge in [0.25, 0.3) is 0 Å². The molecule has 2 N–H and O–H groups in total. The number of nitrogens with zero attached hydrogens (tertiary/aromatic N) is 2. The lowest BCUT2D eigenvalue weighted by atomic mass is 10.1. The fourth-order valence-electron chi connectivity index (χ4n) is 1.96. The average Bonchev–Trinajstić information content (AvgIpc) is 3.05. The first-order valence-corrected chi connectivity index (χ1v) is 6.75. The number of carbonyl (C=O) groups excluding carboxylic acids is 1. The largest absolute Gasteiger partial charge is 0.480 e. The van der Waals surface area contributed by atoms with Crippen molar-refractivity contribution in [3.63, 3.8) is 0 Å². The number of hydrogen-bond acceptors (Lipinski definition) is 4. The molecule has 22 heavy (non-hydrogen) atoms. The first kappa shape index (κ1) is 15.6. The van der Waals surface area contributed by atoms with Crippen LogP contribution in [0.25, 0.3) is 0 Å². The SMILES string of the molecule is CC(C(NC(=O)OCc1ccccc1)C(=O)O)n1ccnc1. The summed E-state index contributed by atoms with van der Waals surface area (Å²) in [5.41, 5.74) is 0.826. The Bertz CT molecular complexity index is 613. The topological polar surface area (TPSA) is 93.5 Å². The van der Waals surface area contributed by atoms with Gasteiger partial charge in [0.05, 0.1) is 12.4 Å². The lowest BCUT2D eigenvalue weighted by Crippen LogP contribution is -2.45. The van der Waals surface area contributed by atoms with Gasteiger partial charge in [-0.1, -0.05) is 30.3 Å². The van der Waals surface area contributed by atoms with Crippen LogP contribution in [0.1, 0.15) is 18.5 Å². The zero-order chi connectivity index (χ0) is 15.9. The highest BCUT2D eigenvalue weighted by Gasteiger charge is 2.28. The van der Waals surface area contributed by atoms with Crippen LogP contribution in [-0.4, -0.2) is 32.8 Å². The van der Waals surface area contributed by atoms with Gasteiger partial charge in [-0.2, -0.15) is 0 Å². The molecule has 0 aliphatic rings. The number of hydrogen-bond donors (Lipinski definition) is 2. The fourth-order valence-corrected chi connectivity index (χ4v) is 1.96. The second-order valence-corrected chi connectivity index (χ2v) is 4.77. The highest BCUT2D eigenvalue weighted by molar-refractivity contribution is 5.80. The third-order valence-electron chi connectivity index (χ3n) is 3.23. The van der Waals surface area contributed by atoms with Gasteiger partial charge in [0.1, 0.15) is 12.6 Å². The fraction of sp³-hybridized carbons (Fsp3) is 0.267. The minimum Gasteiger partial charge on any atom is -0.480 e. The summed E-state index contributed by atoms with van der Waals surface area (Å²) >= 11 is 0. The van der Waals surface area contributed by atoms with Crippen molar-refractivity contribution in [2.45, 2.75) is 25.6 Å². The molecule has 1 heterocycles. The van der Waals surface area contributed by atoms with Crippen molar-refractivity contribution in [3.8, 4) is 0 Å². The van der Waals surface area contributed by atoms with Crippen LogP contribution in [0.15, 0.2) is 49.1 Å². The van der Waals surface area contributed by atoms with E-state index in [1.54, 1.807) is 23.9 Å². The van der Waals surface area contributed by atoms with Gasteiger partial charge in [-0.3, -0.25) is 0 Å². The minimum atomic E-state index is -1.14. The molecule has 0 saturated carbocycles. The monoisotopic (exact) mass is 303 g/mol. The number of alkyl carbamates (subject to hydrolysis) is 1. The van der Waals surface area contributed by atoms with Crippen molar-refractivity contribution in [1.29, 1.82) is 0 Å². The van der Waals surface area contributed by atoms with Crippen LogP contribution >= 0.6 is 0 Å². The Morgan fingerprint density at radius 3 is 2.68 bits per heavy atom. The number of carbonyl (C=O) groups is 2. The van der Waals surface area contributed by atoms with E-state index in [1.807, 2.05) is 30.3 Å². The summed E-state index contributed by atoms with van der Waals surface area (Å²) < 4.78 is 6.65. The molecule has 2 rings (SSSR count). The van der Waals surface area contributed by atoms with Crippen LogP contribution in [0.5, 0.6) is 0 Å². The van der Waals surface area contributed by atoms with Crippen molar-refractivity contribution in [3.05, 3.63) is 54.6 Å². The minimum absolute atomic E-state index is 0.0818. The molecule has 1 amide bonds. The van der Waals surface area contributed by atoms with Crippen molar-refractivity contribution >= 4 is 12.1 Å².